The largest absolute Gasteiger partial charge is 0.366 e. The fourth-order valence-corrected chi connectivity index (χ4v) is 4.15. The van der Waals surface area contributed by atoms with Gasteiger partial charge in [-0.05, 0) is 24.3 Å². The van der Waals surface area contributed by atoms with Crippen LogP contribution in [0, 0.1) is 0 Å². The van der Waals surface area contributed by atoms with Crippen LogP contribution in [0.3, 0.4) is 0 Å². The molecule has 1 aliphatic heterocycles. The summed E-state index contributed by atoms with van der Waals surface area (Å²) in [6.45, 7) is 0.633. The Kier molecular flexibility index (Phi) is 4.49. The maximum absolute atomic E-state index is 12.8. The van der Waals surface area contributed by atoms with Crippen molar-refractivity contribution in [3.63, 3.8) is 0 Å². The lowest BCUT2D eigenvalue weighted by Gasteiger charge is -2.30. The topological polar surface area (TPSA) is 98.4 Å². The number of morpholine rings is 1. The highest BCUT2D eigenvalue weighted by Crippen LogP contribution is 2.26. The molecule has 26 heavy (non-hydrogen) atoms. The van der Waals surface area contributed by atoms with Gasteiger partial charge in [0.1, 0.15) is 5.69 Å². The Hall–Kier alpha value is -2.62. The van der Waals surface area contributed by atoms with Crippen molar-refractivity contribution in [2.75, 3.05) is 19.7 Å². The standard InChI is InChI=1S/C17H16N4O4S/c22-26(23,13-6-2-1-3-7-13)21-10-11-24-15(12-21)17-19-16(20-25-17)14-8-4-5-9-18-14/h1-9,15H,10-12H2/t15-/m1/s1. The smallest absolute Gasteiger partial charge is 0.257 e. The quantitative estimate of drug-likeness (QED) is 0.690. The zero-order valence-corrected chi connectivity index (χ0v) is 14.5. The van der Waals surface area contributed by atoms with Crippen molar-refractivity contribution < 1.29 is 17.7 Å². The van der Waals surface area contributed by atoms with E-state index < -0.39 is 16.1 Å². The predicted octanol–water partition coefficient (Wildman–Crippen LogP) is 1.89. The van der Waals surface area contributed by atoms with Gasteiger partial charge in [-0.2, -0.15) is 9.29 Å². The number of hydrogen-bond acceptors (Lipinski definition) is 7. The molecule has 0 unspecified atom stereocenters. The molecule has 1 fully saturated rings. The van der Waals surface area contributed by atoms with Gasteiger partial charge >= 0.3 is 0 Å². The molecule has 8 nitrogen and oxygen atoms in total. The van der Waals surface area contributed by atoms with Crippen LogP contribution in [0.1, 0.15) is 12.0 Å². The van der Waals surface area contributed by atoms with E-state index in [9.17, 15) is 8.42 Å². The third-order valence-corrected chi connectivity index (χ3v) is 5.90. The zero-order valence-electron chi connectivity index (χ0n) is 13.7. The third-order valence-electron chi connectivity index (χ3n) is 4.02. The molecule has 3 heterocycles. The minimum atomic E-state index is -3.60. The fourth-order valence-electron chi connectivity index (χ4n) is 2.70. The molecule has 1 atom stereocenters. The Morgan fingerprint density at radius 3 is 2.65 bits per heavy atom. The Balaban J connectivity index is 1.55. The minimum Gasteiger partial charge on any atom is -0.366 e. The van der Waals surface area contributed by atoms with Gasteiger partial charge in [-0.1, -0.05) is 29.4 Å². The molecule has 4 rings (SSSR count). The number of sulfonamides is 1. The highest BCUT2D eigenvalue weighted by atomic mass is 32.2. The molecule has 1 aliphatic rings. The summed E-state index contributed by atoms with van der Waals surface area (Å²) in [5, 5.41) is 3.91. The molecule has 0 spiro atoms. The molecule has 2 aromatic heterocycles. The molecule has 134 valence electrons. The highest BCUT2D eigenvalue weighted by molar-refractivity contribution is 7.89. The summed E-state index contributed by atoms with van der Waals surface area (Å²) < 4.78 is 37.9. The van der Waals surface area contributed by atoms with Gasteiger partial charge in [0.15, 0.2) is 6.10 Å². The van der Waals surface area contributed by atoms with E-state index in [4.69, 9.17) is 9.26 Å². The molecule has 0 radical (unpaired) electrons. The number of nitrogens with zero attached hydrogens (tertiary/aromatic N) is 4. The molecular formula is C17H16N4O4S. The van der Waals surface area contributed by atoms with Crippen LogP contribution in [0.2, 0.25) is 0 Å². The number of aromatic nitrogens is 3. The molecule has 1 aromatic carbocycles. The van der Waals surface area contributed by atoms with Crippen LogP contribution >= 0.6 is 0 Å². The SMILES string of the molecule is O=S(=O)(c1ccccc1)N1CCO[C@@H](c2nc(-c3ccccn3)no2)C1. The van der Waals surface area contributed by atoms with Gasteiger partial charge in [0, 0.05) is 19.3 Å². The van der Waals surface area contributed by atoms with Crippen LogP contribution in [0.5, 0.6) is 0 Å². The number of pyridine rings is 1. The summed E-state index contributed by atoms with van der Waals surface area (Å²) in [4.78, 5) is 8.73. The van der Waals surface area contributed by atoms with Gasteiger partial charge in [0.05, 0.1) is 11.5 Å². The van der Waals surface area contributed by atoms with E-state index >= 15 is 0 Å². The first-order chi connectivity index (χ1) is 12.6. The van der Waals surface area contributed by atoms with E-state index in [1.807, 2.05) is 6.07 Å². The zero-order chi connectivity index (χ0) is 18.0. The Morgan fingerprint density at radius 2 is 1.88 bits per heavy atom. The van der Waals surface area contributed by atoms with E-state index in [-0.39, 0.29) is 30.5 Å². The second kappa shape index (κ2) is 6.94. The first-order valence-corrected chi connectivity index (χ1v) is 9.50. The second-order valence-electron chi connectivity index (χ2n) is 5.71. The third kappa shape index (κ3) is 3.24. The number of rotatable bonds is 4. The van der Waals surface area contributed by atoms with Gasteiger partial charge in [0.25, 0.3) is 5.89 Å². The van der Waals surface area contributed by atoms with Crippen LogP contribution in [0.25, 0.3) is 11.5 Å². The first kappa shape index (κ1) is 16.8. The van der Waals surface area contributed by atoms with E-state index in [2.05, 4.69) is 15.1 Å². The highest BCUT2D eigenvalue weighted by Gasteiger charge is 2.34. The molecule has 0 aliphatic carbocycles. The Labute approximate surface area is 150 Å². The van der Waals surface area contributed by atoms with Crippen LogP contribution in [-0.2, 0) is 14.8 Å². The van der Waals surface area contributed by atoms with E-state index in [0.29, 0.717) is 11.5 Å². The minimum absolute atomic E-state index is 0.112. The average molecular weight is 372 g/mol. The summed E-state index contributed by atoms with van der Waals surface area (Å²) in [5.41, 5.74) is 0.576. The normalized spacial score (nSPS) is 18.7. The van der Waals surface area contributed by atoms with E-state index in [1.54, 1.807) is 48.7 Å². The molecule has 0 bridgehead atoms. The van der Waals surface area contributed by atoms with Gasteiger partial charge in [-0.25, -0.2) is 8.42 Å². The van der Waals surface area contributed by atoms with Crippen LogP contribution in [0.4, 0.5) is 0 Å². The van der Waals surface area contributed by atoms with Crippen LogP contribution in [0.15, 0.2) is 64.1 Å². The molecule has 1 saturated heterocycles. The van der Waals surface area contributed by atoms with Gasteiger partial charge in [-0.3, -0.25) is 4.98 Å². The summed E-state index contributed by atoms with van der Waals surface area (Å²) in [6.07, 6.45) is 1.02. The van der Waals surface area contributed by atoms with Crippen molar-refractivity contribution in [3.05, 3.63) is 60.6 Å². The number of hydrogen-bond donors (Lipinski definition) is 0. The summed E-state index contributed by atoms with van der Waals surface area (Å²) in [7, 11) is -3.60. The lowest BCUT2D eigenvalue weighted by Crippen LogP contribution is -2.42. The lowest BCUT2D eigenvalue weighted by atomic mass is 10.3. The van der Waals surface area contributed by atoms with Crippen molar-refractivity contribution in [1.29, 1.82) is 0 Å². The molecule has 0 amide bonds. The molecule has 0 N–H and O–H groups in total. The monoisotopic (exact) mass is 372 g/mol. The number of benzene rings is 1. The molecule has 9 heteroatoms. The summed E-state index contributed by atoms with van der Waals surface area (Å²) in [5.74, 6) is 0.575. The van der Waals surface area contributed by atoms with Crippen molar-refractivity contribution in [3.8, 4) is 11.5 Å². The molecule has 0 saturated carbocycles. The lowest BCUT2D eigenvalue weighted by molar-refractivity contribution is -0.0199. The van der Waals surface area contributed by atoms with Crippen molar-refractivity contribution >= 4 is 10.0 Å². The molecule has 3 aromatic rings. The first-order valence-electron chi connectivity index (χ1n) is 8.06. The number of ether oxygens (including phenoxy) is 1. The molecular weight excluding hydrogens is 356 g/mol. The van der Waals surface area contributed by atoms with Crippen LogP contribution in [-0.4, -0.2) is 47.5 Å². The van der Waals surface area contributed by atoms with E-state index in [0.717, 1.165) is 0 Å². The van der Waals surface area contributed by atoms with Crippen molar-refractivity contribution in [2.24, 2.45) is 0 Å². The summed E-state index contributed by atoms with van der Waals surface area (Å²) >= 11 is 0. The van der Waals surface area contributed by atoms with Crippen LogP contribution < -0.4 is 0 Å². The maximum atomic E-state index is 12.8. The second-order valence-corrected chi connectivity index (χ2v) is 7.64. The van der Waals surface area contributed by atoms with Gasteiger partial charge in [-0.15, -0.1) is 0 Å². The summed E-state index contributed by atoms with van der Waals surface area (Å²) in [6, 6.07) is 13.7. The van der Waals surface area contributed by atoms with Crippen molar-refractivity contribution in [1.82, 2.24) is 19.4 Å². The van der Waals surface area contributed by atoms with E-state index in [1.165, 1.54) is 4.31 Å². The fraction of sp³-hybridized carbons (Fsp3) is 0.235. The van der Waals surface area contributed by atoms with Gasteiger partial charge in [0.2, 0.25) is 15.8 Å². The van der Waals surface area contributed by atoms with Crippen molar-refractivity contribution in [2.45, 2.75) is 11.0 Å². The predicted molar refractivity (Wildman–Crippen MR) is 91.4 cm³/mol. The Morgan fingerprint density at radius 1 is 1.08 bits per heavy atom. The van der Waals surface area contributed by atoms with Gasteiger partial charge < -0.3 is 9.26 Å². The Bertz CT molecular complexity index is 976. The maximum Gasteiger partial charge on any atom is 0.257 e. The average Bonchev–Trinajstić information content (AvgIpc) is 3.20.